The molecule has 1 atom stereocenters. The van der Waals surface area contributed by atoms with Gasteiger partial charge in [-0.3, -0.25) is 14.5 Å². The average Bonchev–Trinajstić information content (AvgIpc) is 2.95. The highest BCUT2D eigenvalue weighted by Gasteiger charge is 2.37. The fraction of sp³-hybridized carbons (Fsp3) is 0.263. The van der Waals surface area contributed by atoms with Crippen LogP contribution in [0, 0.1) is 0 Å². The zero-order chi connectivity index (χ0) is 16.2. The number of para-hydroxylation sites is 1. The molecule has 4 heteroatoms. The highest BCUT2D eigenvalue weighted by atomic mass is 16.2. The zero-order valence-electron chi connectivity index (χ0n) is 13.2. The van der Waals surface area contributed by atoms with Gasteiger partial charge in [0.2, 0.25) is 11.8 Å². The molecule has 2 aromatic rings. The molecule has 0 aromatic heterocycles. The predicted molar refractivity (Wildman–Crippen MR) is 90.2 cm³/mol. The quantitative estimate of drug-likeness (QED) is 0.942. The maximum absolute atomic E-state index is 12.8. The van der Waals surface area contributed by atoms with Crippen molar-refractivity contribution >= 4 is 17.5 Å². The summed E-state index contributed by atoms with van der Waals surface area (Å²) in [5.74, 6) is -0.137. The molecule has 2 aromatic carbocycles. The molecule has 1 aliphatic rings. The van der Waals surface area contributed by atoms with Gasteiger partial charge in [-0.05, 0) is 24.1 Å². The van der Waals surface area contributed by atoms with Gasteiger partial charge in [-0.15, -0.1) is 0 Å². The number of amides is 2. The number of hydrogen-bond donors (Lipinski definition) is 1. The van der Waals surface area contributed by atoms with E-state index in [1.165, 1.54) is 0 Å². The van der Waals surface area contributed by atoms with Crippen molar-refractivity contribution < 1.29 is 9.59 Å². The standard InChI is InChI=1S/C19H20N2O2/c1-2-20-19(23)17-13-15-10-6-7-11-16(15)21(17)18(22)12-14-8-4-3-5-9-14/h3-11,17H,2,12-13H2,1H3,(H,20,23). The van der Waals surface area contributed by atoms with Crippen LogP contribution in [0.5, 0.6) is 0 Å². The molecule has 1 unspecified atom stereocenters. The lowest BCUT2D eigenvalue weighted by molar-refractivity contribution is -0.125. The van der Waals surface area contributed by atoms with Crippen LogP contribution in [-0.4, -0.2) is 24.4 Å². The SMILES string of the molecule is CCNC(=O)C1Cc2ccccc2N1C(=O)Cc1ccccc1. The number of carbonyl (C=O) groups excluding carboxylic acids is 2. The summed E-state index contributed by atoms with van der Waals surface area (Å²) in [5.41, 5.74) is 2.85. The van der Waals surface area contributed by atoms with E-state index >= 15 is 0 Å². The molecule has 2 amide bonds. The molecule has 0 aliphatic carbocycles. The van der Waals surface area contributed by atoms with Gasteiger partial charge in [0.15, 0.2) is 0 Å². The van der Waals surface area contributed by atoms with Gasteiger partial charge < -0.3 is 5.32 Å². The van der Waals surface area contributed by atoms with Crippen LogP contribution in [0.4, 0.5) is 5.69 Å². The Kier molecular flexibility index (Phi) is 4.42. The summed E-state index contributed by atoms with van der Waals surface area (Å²) in [6, 6.07) is 16.9. The Bertz CT molecular complexity index is 712. The van der Waals surface area contributed by atoms with Crippen LogP contribution in [0.2, 0.25) is 0 Å². The lowest BCUT2D eigenvalue weighted by Gasteiger charge is -2.25. The normalized spacial score (nSPS) is 16.0. The molecule has 0 spiro atoms. The van der Waals surface area contributed by atoms with Crippen molar-refractivity contribution in [3.63, 3.8) is 0 Å². The van der Waals surface area contributed by atoms with Crippen molar-refractivity contribution in [1.29, 1.82) is 0 Å². The van der Waals surface area contributed by atoms with E-state index in [4.69, 9.17) is 0 Å². The van der Waals surface area contributed by atoms with Crippen molar-refractivity contribution in [2.75, 3.05) is 11.4 Å². The molecule has 4 nitrogen and oxygen atoms in total. The van der Waals surface area contributed by atoms with Crippen LogP contribution < -0.4 is 10.2 Å². The molecule has 0 bridgehead atoms. The minimum absolute atomic E-state index is 0.0441. The molecule has 118 valence electrons. The number of anilines is 1. The van der Waals surface area contributed by atoms with Crippen LogP contribution in [0.25, 0.3) is 0 Å². The van der Waals surface area contributed by atoms with Gasteiger partial charge in [0.1, 0.15) is 6.04 Å². The van der Waals surface area contributed by atoms with Crippen LogP contribution in [0.1, 0.15) is 18.1 Å². The van der Waals surface area contributed by atoms with E-state index in [1.54, 1.807) is 4.90 Å². The monoisotopic (exact) mass is 308 g/mol. The Hall–Kier alpha value is -2.62. The van der Waals surface area contributed by atoms with Gasteiger partial charge in [-0.2, -0.15) is 0 Å². The second-order valence-corrected chi connectivity index (χ2v) is 5.67. The first kappa shape index (κ1) is 15.3. The summed E-state index contributed by atoms with van der Waals surface area (Å²) >= 11 is 0. The van der Waals surface area contributed by atoms with Crippen LogP contribution in [0.15, 0.2) is 54.6 Å². The van der Waals surface area contributed by atoms with E-state index in [9.17, 15) is 9.59 Å². The van der Waals surface area contributed by atoms with Gasteiger partial charge in [0.05, 0.1) is 6.42 Å². The summed E-state index contributed by atoms with van der Waals surface area (Å²) < 4.78 is 0. The molecule has 0 radical (unpaired) electrons. The number of likely N-dealkylation sites (N-methyl/N-ethyl adjacent to an activating group) is 1. The molecule has 3 rings (SSSR count). The van der Waals surface area contributed by atoms with Crippen molar-refractivity contribution in [2.45, 2.75) is 25.8 Å². The Morgan fingerprint density at radius 2 is 1.78 bits per heavy atom. The molecule has 0 fully saturated rings. The molecule has 1 aliphatic heterocycles. The van der Waals surface area contributed by atoms with E-state index in [0.717, 1.165) is 16.8 Å². The third-order valence-electron chi connectivity index (χ3n) is 4.10. The minimum Gasteiger partial charge on any atom is -0.355 e. The first-order valence-electron chi connectivity index (χ1n) is 7.92. The van der Waals surface area contributed by atoms with Gasteiger partial charge >= 0.3 is 0 Å². The van der Waals surface area contributed by atoms with Crippen LogP contribution >= 0.6 is 0 Å². The molecule has 1 N–H and O–H groups in total. The summed E-state index contributed by atoms with van der Waals surface area (Å²) in [4.78, 5) is 26.9. The van der Waals surface area contributed by atoms with E-state index < -0.39 is 6.04 Å². The Labute approximate surface area is 136 Å². The van der Waals surface area contributed by atoms with E-state index in [1.807, 2.05) is 61.5 Å². The number of carbonyl (C=O) groups is 2. The van der Waals surface area contributed by atoms with E-state index in [0.29, 0.717) is 19.4 Å². The first-order chi connectivity index (χ1) is 11.2. The second-order valence-electron chi connectivity index (χ2n) is 5.67. The summed E-state index contributed by atoms with van der Waals surface area (Å²) in [6.07, 6.45) is 0.869. The Balaban J connectivity index is 1.88. The smallest absolute Gasteiger partial charge is 0.243 e. The number of nitrogens with zero attached hydrogens (tertiary/aromatic N) is 1. The summed E-state index contributed by atoms with van der Waals surface area (Å²) in [5, 5.41) is 2.84. The summed E-state index contributed by atoms with van der Waals surface area (Å²) in [7, 11) is 0. The lowest BCUT2D eigenvalue weighted by atomic mass is 10.1. The van der Waals surface area contributed by atoms with Gasteiger partial charge in [-0.1, -0.05) is 48.5 Å². The summed E-state index contributed by atoms with van der Waals surface area (Å²) in [6.45, 7) is 2.45. The minimum atomic E-state index is -0.455. The fourth-order valence-electron chi connectivity index (χ4n) is 3.05. The van der Waals surface area contributed by atoms with Gasteiger partial charge in [-0.25, -0.2) is 0 Å². The number of fused-ring (bicyclic) bond motifs is 1. The molecule has 0 saturated carbocycles. The second kappa shape index (κ2) is 6.65. The Morgan fingerprint density at radius 3 is 2.52 bits per heavy atom. The first-order valence-corrected chi connectivity index (χ1v) is 7.92. The lowest BCUT2D eigenvalue weighted by Crippen LogP contribution is -2.48. The molecular formula is C19H20N2O2. The van der Waals surface area contributed by atoms with Crippen molar-refractivity contribution in [3.8, 4) is 0 Å². The highest BCUT2D eigenvalue weighted by Crippen LogP contribution is 2.32. The van der Waals surface area contributed by atoms with Gasteiger partial charge in [0, 0.05) is 18.7 Å². The number of nitrogens with one attached hydrogen (secondary N) is 1. The average molecular weight is 308 g/mol. The maximum Gasteiger partial charge on any atom is 0.243 e. The topological polar surface area (TPSA) is 49.4 Å². The molecular weight excluding hydrogens is 288 g/mol. The van der Waals surface area contributed by atoms with Gasteiger partial charge in [0.25, 0.3) is 0 Å². The number of benzene rings is 2. The van der Waals surface area contributed by atoms with E-state index in [2.05, 4.69) is 5.32 Å². The van der Waals surface area contributed by atoms with Crippen molar-refractivity contribution in [2.24, 2.45) is 0 Å². The zero-order valence-corrected chi connectivity index (χ0v) is 13.2. The number of rotatable bonds is 4. The highest BCUT2D eigenvalue weighted by molar-refractivity contribution is 6.04. The largest absolute Gasteiger partial charge is 0.355 e. The Morgan fingerprint density at radius 1 is 1.09 bits per heavy atom. The predicted octanol–water partition coefficient (Wildman–Crippen LogP) is 2.32. The molecule has 23 heavy (non-hydrogen) atoms. The number of hydrogen-bond acceptors (Lipinski definition) is 2. The van der Waals surface area contributed by atoms with Crippen molar-refractivity contribution in [3.05, 3.63) is 65.7 Å². The van der Waals surface area contributed by atoms with Crippen molar-refractivity contribution in [1.82, 2.24) is 5.32 Å². The third kappa shape index (κ3) is 3.11. The van der Waals surface area contributed by atoms with Crippen LogP contribution in [0.3, 0.4) is 0 Å². The maximum atomic E-state index is 12.8. The van der Waals surface area contributed by atoms with E-state index in [-0.39, 0.29) is 11.8 Å². The fourth-order valence-corrected chi connectivity index (χ4v) is 3.05. The van der Waals surface area contributed by atoms with Crippen LogP contribution in [-0.2, 0) is 22.4 Å². The molecule has 1 heterocycles. The molecule has 0 saturated heterocycles. The third-order valence-corrected chi connectivity index (χ3v) is 4.10.